The number of nitrogens with one attached hydrogen (secondary N) is 1. The van der Waals surface area contributed by atoms with E-state index in [4.69, 9.17) is 4.74 Å². The molecule has 3 rings (SSSR count). The Kier molecular flexibility index (Phi) is 5.91. The summed E-state index contributed by atoms with van der Waals surface area (Å²) in [6, 6.07) is 6.92. The molecule has 1 heterocycles. The smallest absolute Gasteiger partial charge is 0.338 e. The Morgan fingerprint density at radius 1 is 1.15 bits per heavy atom. The number of nitrogens with zero attached hydrogens (tertiary/aromatic N) is 1. The molecule has 1 aliphatic heterocycles. The van der Waals surface area contributed by atoms with Crippen molar-refractivity contribution >= 4 is 23.5 Å². The average molecular weight is 358 g/mol. The number of carbonyl (C=O) groups is 3. The monoisotopic (exact) mass is 358 g/mol. The molecule has 2 fully saturated rings. The summed E-state index contributed by atoms with van der Waals surface area (Å²) in [4.78, 5) is 38.4. The number of amides is 2. The molecule has 1 saturated carbocycles. The summed E-state index contributed by atoms with van der Waals surface area (Å²) < 4.78 is 4.94. The summed E-state index contributed by atoms with van der Waals surface area (Å²) in [6.45, 7) is 2.59. The first-order chi connectivity index (χ1) is 12.6. The quantitative estimate of drug-likeness (QED) is 0.821. The zero-order valence-corrected chi connectivity index (χ0v) is 15.2. The Bertz CT molecular complexity index is 665. The zero-order valence-electron chi connectivity index (χ0n) is 15.2. The molecule has 6 nitrogen and oxygen atoms in total. The number of esters is 1. The van der Waals surface area contributed by atoms with Gasteiger partial charge in [-0.3, -0.25) is 9.59 Å². The van der Waals surface area contributed by atoms with Crippen molar-refractivity contribution in [3.8, 4) is 0 Å². The van der Waals surface area contributed by atoms with E-state index in [1.807, 2.05) is 4.90 Å². The minimum Gasteiger partial charge on any atom is -0.462 e. The van der Waals surface area contributed by atoms with Crippen molar-refractivity contribution in [2.75, 3.05) is 18.5 Å². The molecule has 1 saturated heterocycles. The highest BCUT2D eigenvalue weighted by Gasteiger charge is 2.38. The van der Waals surface area contributed by atoms with Gasteiger partial charge in [-0.25, -0.2) is 4.79 Å². The van der Waals surface area contributed by atoms with Gasteiger partial charge in [0.15, 0.2) is 0 Å². The van der Waals surface area contributed by atoms with E-state index < -0.39 is 0 Å². The van der Waals surface area contributed by atoms with Crippen LogP contribution in [0.25, 0.3) is 0 Å². The Morgan fingerprint density at radius 3 is 2.50 bits per heavy atom. The predicted octanol–water partition coefficient (Wildman–Crippen LogP) is 2.98. The molecule has 1 aromatic rings. The van der Waals surface area contributed by atoms with Crippen LogP contribution < -0.4 is 5.32 Å². The standard InChI is InChI=1S/C20H26N2O4/c1-2-26-20(25)14-8-10-16(11-9-14)21-19(24)15-12-18(23)22(13-15)17-6-4-3-5-7-17/h8-11,15,17H,2-7,12-13H2,1H3,(H,21,24). The second-order valence-corrected chi connectivity index (χ2v) is 7.03. The van der Waals surface area contributed by atoms with Crippen molar-refractivity contribution in [2.24, 2.45) is 5.92 Å². The number of likely N-dealkylation sites (tertiary alicyclic amines) is 1. The van der Waals surface area contributed by atoms with Crippen LogP contribution in [0, 0.1) is 5.92 Å². The molecule has 0 spiro atoms. The molecule has 1 aromatic carbocycles. The van der Waals surface area contributed by atoms with Crippen molar-refractivity contribution in [2.45, 2.75) is 51.5 Å². The summed E-state index contributed by atoms with van der Waals surface area (Å²) in [5.41, 5.74) is 1.07. The van der Waals surface area contributed by atoms with Gasteiger partial charge in [-0.15, -0.1) is 0 Å². The van der Waals surface area contributed by atoms with E-state index in [-0.39, 0.29) is 30.1 Å². The first kappa shape index (κ1) is 18.4. The van der Waals surface area contributed by atoms with Crippen molar-refractivity contribution in [3.05, 3.63) is 29.8 Å². The van der Waals surface area contributed by atoms with Crippen LogP contribution in [-0.4, -0.2) is 41.9 Å². The van der Waals surface area contributed by atoms with Gasteiger partial charge < -0.3 is 15.0 Å². The first-order valence-corrected chi connectivity index (χ1v) is 9.46. The number of ether oxygens (including phenoxy) is 1. The van der Waals surface area contributed by atoms with E-state index in [9.17, 15) is 14.4 Å². The van der Waals surface area contributed by atoms with Crippen LogP contribution in [0.15, 0.2) is 24.3 Å². The Morgan fingerprint density at radius 2 is 1.85 bits per heavy atom. The van der Waals surface area contributed by atoms with Gasteiger partial charge in [0, 0.05) is 24.7 Å². The van der Waals surface area contributed by atoms with Gasteiger partial charge in [0.2, 0.25) is 11.8 Å². The highest BCUT2D eigenvalue weighted by atomic mass is 16.5. The first-order valence-electron chi connectivity index (χ1n) is 9.46. The van der Waals surface area contributed by atoms with Gasteiger partial charge in [0.25, 0.3) is 0 Å². The van der Waals surface area contributed by atoms with Gasteiger partial charge in [-0.2, -0.15) is 0 Å². The third-order valence-corrected chi connectivity index (χ3v) is 5.21. The van der Waals surface area contributed by atoms with Crippen molar-refractivity contribution in [1.82, 2.24) is 4.90 Å². The zero-order chi connectivity index (χ0) is 18.5. The minimum atomic E-state index is -0.380. The lowest BCUT2D eigenvalue weighted by Gasteiger charge is -2.31. The highest BCUT2D eigenvalue weighted by Crippen LogP contribution is 2.29. The SMILES string of the molecule is CCOC(=O)c1ccc(NC(=O)C2CC(=O)N(C3CCCCC3)C2)cc1. The van der Waals surface area contributed by atoms with Gasteiger partial charge in [-0.05, 0) is 44.0 Å². The second-order valence-electron chi connectivity index (χ2n) is 7.03. The topological polar surface area (TPSA) is 75.7 Å². The van der Waals surface area contributed by atoms with Crippen LogP contribution in [0.1, 0.15) is 55.8 Å². The third kappa shape index (κ3) is 4.23. The summed E-state index contributed by atoms with van der Waals surface area (Å²) in [5, 5.41) is 2.86. The van der Waals surface area contributed by atoms with Crippen LogP contribution in [0.5, 0.6) is 0 Å². The van der Waals surface area contributed by atoms with E-state index >= 15 is 0 Å². The van der Waals surface area contributed by atoms with E-state index in [2.05, 4.69) is 5.32 Å². The van der Waals surface area contributed by atoms with E-state index in [1.165, 1.54) is 6.42 Å². The molecule has 1 aliphatic carbocycles. The fourth-order valence-electron chi connectivity index (χ4n) is 3.80. The number of carbonyl (C=O) groups excluding carboxylic acids is 3. The maximum atomic E-state index is 12.5. The van der Waals surface area contributed by atoms with Crippen LogP contribution >= 0.6 is 0 Å². The van der Waals surface area contributed by atoms with Crippen molar-refractivity contribution < 1.29 is 19.1 Å². The number of hydrogen-bond acceptors (Lipinski definition) is 4. The molecule has 6 heteroatoms. The number of hydrogen-bond donors (Lipinski definition) is 1. The Balaban J connectivity index is 1.56. The van der Waals surface area contributed by atoms with Crippen molar-refractivity contribution in [3.63, 3.8) is 0 Å². The molecule has 0 aromatic heterocycles. The van der Waals surface area contributed by atoms with Crippen molar-refractivity contribution in [1.29, 1.82) is 0 Å². The highest BCUT2D eigenvalue weighted by molar-refractivity contribution is 5.97. The summed E-state index contributed by atoms with van der Waals surface area (Å²) >= 11 is 0. The largest absolute Gasteiger partial charge is 0.462 e. The number of benzene rings is 1. The second kappa shape index (κ2) is 8.34. The van der Waals surface area contributed by atoms with E-state index in [1.54, 1.807) is 31.2 Å². The van der Waals surface area contributed by atoms with Gasteiger partial charge in [0.05, 0.1) is 18.1 Å². The fraction of sp³-hybridized carbons (Fsp3) is 0.550. The molecular weight excluding hydrogens is 332 g/mol. The molecule has 140 valence electrons. The van der Waals surface area contributed by atoms with Crippen LogP contribution in [0.3, 0.4) is 0 Å². The number of rotatable bonds is 5. The molecule has 2 amide bonds. The molecule has 1 atom stereocenters. The van der Waals surface area contributed by atoms with Crippen LogP contribution in [0.4, 0.5) is 5.69 Å². The normalized spacial score (nSPS) is 20.9. The third-order valence-electron chi connectivity index (χ3n) is 5.21. The van der Waals surface area contributed by atoms with Crippen LogP contribution in [-0.2, 0) is 14.3 Å². The maximum Gasteiger partial charge on any atom is 0.338 e. The lowest BCUT2D eigenvalue weighted by molar-refractivity contribution is -0.130. The maximum absolute atomic E-state index is 12.5. The minimum absolute atomic E-state index is 0.0923. The predicted molar refractivity (Wildman–Crippen MR) is 97.7 cm³/mol. The lowest BCUT2D eigenvalue weighted by atomic mass is 9.94. The molecule has 1 unspecified atom stereocenters. The molecule has 2 aliphatic rings. The fourth-order valence-corrected chi connectivity index (χ4v) is 3.80. The molecule has 26 heavy (non-hydrogen) atoms. The molecule has 0 bridgehead atoms. The number of anilines is 1. The Labute approximate surface area is 153 Å². The van der Waals surface area contributed by atoms with Crippen LogP contribution in [0.2, 0.25) is 0 Å². The molecule has 1 N–H and O–H groups in total. The van der Waals surface area contributed by atoms with Gasteiger partial charge >= 0.3 is 5.97 Å². The van der Waals surface area contributed by atoms with E-state index in [0.29, 0.717) is 30.4 Å². The van der Waals surface area contributed by atoms with E-state index in [0.717, 1.165) is 25.7 Å². The summed E-state index contributed by atoms with van der Waals surface area (Å²) in [7, 11) is 0. The molecular formula is C20H26N2O4. The van der Waals surface area contributed by atoms with Gasteiger partial charge in [0.1, 0.15) is 0 Å². The molecule has 0 radical (unpaired) electrons. The average Bonchev–Trinajstić information content (AvgIpc) is 3.05. The summed E-state index contributed by atoms with van der Waals surface area (Å²) in [5.74, 6) is -0.737. The van der Waals surface area contributed by atoms with Gasteiger partial charge in [-0.1, -0.05) is 19.3 Å². The lowest BCUT2D eigenvalue weighted by Crippen LogP contribution is -2.38. The summed E-state index contributed by atoms with van der Waals surface area (Å²) in [6.07, 6.45) is 5.95. The Hall–Kier alpha value is -2.37.